The van der Waals surface area contributed by atoms with E-state index in [2.05, 4.69) is 10.2 Å². The Hall–Kier alpha value is -3.52. The molecule has 0 atom stereocenters. The molecule has 27 heavy (non-hydrogen) atoms. The van der Waals surface area contributed by atoms with Crippen molar-refractivity contribution in [1.29, 1.82) is 0 Å². The van der Waals surface area contributed by atoms with Crippen molar-refractivity contribution in [1.82, 2.24) is 15.0 Å². The van der Waals surface area contributed by atoms with E-state index in [9.17, 15) is 9.59 Å². The molecule has 1 aromatic heterocycles. The summed E-state index contributed by atoms with van der Waals surface area (Å²) >= 11 is 0. The van der Waals surface area contributed by atoms with Gasteiger partial charge in [0, 0.05) is 5.56 Å². The molecule has 3 aromatic rings. The molecular weight excluding hydrogens is 348 g/mol. The van der Waals surface area contributed by atoms with E-state index in [0.29, 0.717) is 22.7 Å². The van der Waals surface area contributed by atoms with Crippen molar-refractivity contribution >= 4 is 17.4 Å². The van der Waals surface area contributed by atoms with Crippen LogP contribution >= 0.6 is 0 Å². The summed E-state index contributed by atoms with van der Waals surface area (Å²) in [5.41, 5.74) is 2.19. The van der Waals surface area contributed by atoms with E-state index in [1.54, 1.807) is 24.4 Å². The maximum atomic E-state index is 12.4. The van der Waals surface area contributed by atoms with E-state index in [4.69, 9.17) is 9.84 Å². The zero-order valence-corrected chi connectivity index (χ0v) is 14.3. The van der Waals surface area contributed by atoms with E-state index in [0.717, 1.165) is 5.69 Å². The molecule has 0 aliphatic carbocycles. The Bertz CT molecular complexity index is 1000. The molecule has 8 heteroatoms. The van der Waals surface area contributed by atoms with Gasteiger partial charge in [0.1, 0.15) is 18.1 Å². The molecule has 0 bridgehead atoms. The number of carbonyl (C=O) groups excluding carboxylic acids is 2. The number of Topliss-reactive ketones (excluding diaryl/α,β-unsaturated/α-hetero) is 1. The predicted molar refractivity (Wildman–Crippen MR) is 95.9 cm³/mol. The van der Waals surface area contributed by atoms with Crippen LogP contribution in [0.2, 0.25) is 0 Å². The van der Waals surface area contributed by atoms with Crippen LogP contribution in [0.25, 0.3) is 5.69 Å². The topological polar surface area (TPSA) is 97.5 Å². The van der Waals surface area contributed by atoms with Gasteiger partial charge in [0.2, 0.25) is 0 Å². The highest BCUT2D eigenvalue weighted by atomic mass is 16.5. The van der Waals surface area contributed by atoms with Crippen molar-refractivity contribution < 1.29 is 19.4 Å². The minimum absolute atomic E-state index is 0.0902. The first kappa shape index (κ1) is 16.9. The summed E-state index contributed by atoms with van der Waals surface area (Å²) in [6, 6.07) is 14.2. The number of hydrogen-bond donors (Lipinski definition) is 1. The number of amides is 1. The monoisotopic (exact) mass is 364 g/mol. The van der Waals surface area contributed by atoms with Gasteiger partial charge in [-0.15, -0.1) is 0 Å². The van der Waals surface area contributed by atoms with E-state index in [1.165, 1.54) is 9.70 Å². The lowest BCUT2D eigenvalue weighted by atomic mass is 10.1. The zero-order valence-electron chi connectivity index (χ0n) is 14.3. The number of carbonyl (C=O) groups is 2. The molecular formula is C19H16N4O4. The number of anilines is 1. The predicted octanol–water partition coefficient (Wildman–Crippen LogP) is 1.37. The fourth-order valence-corrected chi connectivity index (χ4v) is 2.86. The fraction of sp³-hybridized carbons (Fsp3) is 0.158. The van der Waals surface area contributed by atoms with Gasteiger partial charge in [-0.3, -0.25) is 14.5 Å². The molecule has 0 unspecified atom stereocenters. The lowest BCUT2D eigenvalue weighted by molar-refractivity contribution is -0.121. The third-order valence-electron chi connectivity index (χ3n) is 4.21. The molecule has 1 aliphatic rings. The smallest absolute Gasteiger partial charge is 0.265 e. The SMILES string of the molecule is O=C(CO)c1ccc2c(c1)N(Cc1cnn(-c3ccccc3)n1)C(=O)CO2. The first-order valence-corrected chi connectivity index (χ1v) is 8.33. The number of aliphatic hydroxyl groups is 1. The summed E-state index contributed by atoms with van der Waals surface area (Å²) < 4.78 is 5.44. The lowest BCUT2D eigenvalue weighted by Crippen LogP contribution is -2.38. The number of hydrogen-bond acceptors (Lipinski definition) is 6. The molecule has 2 aromatic carbocycles. The minimum atomic E-state index is -0.598. The molecule has 1 amide bonds. The van der Waals surface area contributed by atoms with Gasteiger partial charge < -0.3 is 9.84 Å². The third kappa shape index (κ3) is 3.30. The van der Waals surface area contributed by atoms with Gasteiger partial charge in [0.25, 0.3) is 5.91 Å². The van der Waals surface area contributed by atoms with Gasteiger partial charge in [0.05, 0.1) is 24.1 Å². The average Bonchev–Trinajstić information content (AvgIpc) is 3.18. The number of nitrogens with zero attached hydrogens (tertiary/aromatic N) is 4. The number of para-hydroxylation sites is 1. The van der Waals surface area contributed by atoms with Crippen LogP contribution in [0.15, 0.2) is 54.7 Å². The Balaban J connectivity index is 1.64. The molecule has 0 radical (unpaired) electrons. The first-order valence-electron chi connectivity index (χ1n) is 8.33. The molecule has 4 rings (SSSR count). The number of ketones is 1. The third-order valence-corrected chi connectivity index (χ3v) is 4.21. The zero-order chi connectivity index (χ0) is 18.8. The van der Waals surface area contributed by atoms with Crippen molar-refractivity contribution in [3.8, 4) is 11.4 Å². The molecule has 1 N–H and O–H groups in total. The molecule has 0 spiro atoms. The highest BCUT2D eigenvalue weighted by Crippen LogP contribution is 2.34. The van der Waals surface area contributed by atoms with Gasteiger partial charge in [0.15, 0.2) is 12.4 Å². The maximum Gasteiger partial charge on any atom is 0.265 e. The van der Waals surface area contributed by atoms with Crippen LogP contribution < -0.4 is 9.64 Å². The number of aliphatic hydroxyl groups excluding tert-OH is 1. The maximum absolute atomic E-state index is 12.4. The summed E-state index contributed by atoms with van der Waals surface area (Å²) in [6.07, 6.45) is 1.60. The van der Waals surface area contributed by atoms with E-state index in [-0.39, 0.29) is 19.1 Å². The second-order valence-electron chi connectivity index (χ2n) is 5.99. The van der Waals surface area contributed by atoms with Gasteiger partial charge in [-0.2, -0.15) is 15.0 Å². The molecule has 0 fully saturated rings. The van der Waals surface area contributed by atoms with Crippen molar-refractivity contribution in [2.24, 2.45) is 0 Å². The van der Waals surface area contributed by atoms with Crippen LogP contribution in [0.3, 0.4) is 0 Å². The Kier molecular flexibility index (Phi) is 4.39. The Morgan fingerprint density at radius 2 is 2.00 bits per heavy atom. The fourth-order valence-electron chi connectivity index (χ4n) is 2.86. The van der Waals surface area contributed by atoms with Gasteiger partial charge in [-0.1, -0.05) is 18.2 Å². The summed E-state index contributed by atoms with van der Waals surface area (Å²) in [7, 11) is 0. The normalized spacial score (nSPS) is 13.2. The van der Waals surface area contributed by atoms with E-state index < -0.39 is 12.4 Å². The van der Waals surface area contributed by atoms with Crippen LogP contribution in [0.4, 0.5) is 5.69 Å². The number of ether oxygens (including phenoxy) is 1. The highest BCUT2D eigenvalue weighted by molar-refractivity contribution is 6.02. The molecule has 136 valence electrons. The van der Waals surface area contributed by atoms with Gasteiger partial charge in [-0.25, -0.2) is 0 Å². The summed E-state index contributed by atoms with van der Waals surface area (Å²) in [5.74, 6) is -0.171. The molecule has 8 nitrogen and oxygen atoms in total. The van der Waals surface area contributed by atoms with Crippen molar-refractivity contribution in [3.05, 3.63) is 66.0 Å². The summed E-state index contributed by atoms with van der Waals surface area (Å²) in [4.78, 5) is 27.2. The average molecular weight is 364 g/mol. The largest absolute Gasteiger partial charge is 0.482 e. The van der Waals surface area contributed by atoms with Gasteiger partial charge in [-0.05, 0) is 30.3 Å². The number of aromatic nitrogens is 3. The van der Waals surface area contributed by atoms with Crippen LogP contribution in [0.5, 0.6) is 5.75 Å². The van der Waals surface area contributed by atoms with Crippen molar-refractivity contribution in [2.45, 2.75) is 6.54 Å². The molecule has 1 aliphatic heterocycles. The highest BCUT2D eigenvalue weighted by Gasteiger charge is 2.27. The minimum Gasteiger partial charge on any atom is -0.482 e. The van der Waals surface area contributed by atoms with Gasteiger partial charge >= 0.3 is 0 Å². The quantitative estimate of drug-likeness (QED) is 0.687. The second-order valence-corrected chi connectivity index (χ2v) is 5.99. The Morgan fingerprint density at radius 3 is 2.78 bits per heavy atom. The van der Waals surface area contributed by atoms with Crippen LogP contribution in [0, 0.1) is 0 Å². The van der Waals surface area contributed by atoms with Crippen LogP contribution in [0.1, 0.15) is 16.1 Å². The standard InChI is InChI=1S/C19H16N4O4/c24-11-17(25)13-6-7-18-16(8-13)22(19(26)12-27-18)10-14-9-20-23(21-14)15-4-2-1-3-5-15/h1-9,24H,10-12H2. The Morgan fingerprint density at radius 1 is 1.19 bits per heavy atom. The Labute approximate surface area is 154 Å². The molecule has 2 heterocycles. The second kappa shape index (κ2) is 7.00. The van der Waals surface area contributed by atoms with Crippen LogP contribution in [-0.4, -0.2) is 45.0 Å². The number of benzene rings is 2. The van der Waals surface area contributed by atoms with E-state index in [1.807, 2.05) is 30.3 Å². The first-order chi connectivity index (χ1) is 13.2. The molecule has 0 saturated heterocycles. The van der Waals surface area contributed by atoms with Crippen LogP contribution in [-0.2, 0) is 11.3 Å². The molecule has 0 saturated carbocycles. The van der Waals surface area contributed by atoms with Crippen molar-refractivity contribution in [2.75, 3.05) is 18.1 Å². The summed E-state index contributed by atoms with van der Waals surface area (Å²) in [6.45, 7) is -0.495. The number of fused-ring (bicyclic) bond motifs is 1. The number of rotatable bonds is 5. The lowest BCUT2D eigenvalue weighted by Gasteiger charge is -2.29. The summed E-state index contributed by atoms with van der Waals surface area (Å²) in [5, 5.41) is 17.7. The van der Waals surface area contributed by atoms with E-state index >= 15 is 0 Å². The van der Waals surface area contributed by atoms with Crippen molar-refractivity contribution in [3.63, 3.8) is 0 Å².